The summed E-state index contributed by atoms with van der Waals surface area (Å²) >= 11 is 0. The van der Waals surface area contributed by atoms with Crippen LogP contribution in [0.1, 0.15) is 0 Å². The van der Waals surface area contributed by atoms with Crippen LogP contribution in [0.15, 0.2) is 12.7 Å². The minimum atomic E-state index is -1.22. The third-order valence-corrected chi connectivity index (χ3v) is 1.83. The van der Waals surface area contributed by atoms with Gasteiger partial charge in [-0.15, -0.1) is 6.58 Å². The van der Waals surface area contributed by atoms with E-state index in [1.165, 1.54) is 6.08 Å². The third kappa shape index (κ3) is 2.49. The second-order valence-electron chi connectivity index (χ2n) is 2.87. The summed E-state index contributed by atoms with van der Waals surface area (Å²) in [6.07, 6.45) is -2.88. The highest BCUT2D eigenvalue weighted by Gasteiger charge is 2.37. The molecular formula is C8H14O5. The Morgan fingerprint density at radius 3 is 2.69 bits per heavy atom. The standard InChI is InChI=1S/C8H14O5/c1-2-3-12-8-7(11)6(10)5(9)4-13-8/h2,5-11H,1,3-4H2/t5-,6+,7-,8-/m1/s1. The molecular weight excluding hydrogens is 176 g/mol. The van der Waals surface area contributed by atoms with Crippen molar-refractivity contribution in [1.29, 1.82) is 0 Å². The first-order chi connectivity index (χ1) is 6.16. The lowest BCUT2D eigenvalue weighted by atomic mass is 10.1. The van der Waals surface area contributed by atoms with Crippen LogP contribution in [0.5, 0.6) is 0 Å². The highest BCUT2D eigenvalue weighted by Crippen LogP contribution is 2.16. The van der Waals surface area contributed by atoms with Crippen molar-refractivity contribution < 1.29 is 24.8 Å². The normalized spacial score (nSPS) is 40.2. The summed E-state index contributed by atoms with van der Waals surface area (Å²) in [7, 11) is 0. The van der Waals surface area contributed by atoms with Gasteiger partial charge in [0.15, 0.2) is 6.29 Å². The van der Waals surface area contributed by atoms with Gasteiger partial charge >= 0.3 is 0 Å². The molecule has 0 aromatic heterocycles. The van der Waals surface area contributed by atoms with Crippen molar-refractivity contribution in [3.63, 3.8) is 0 Å². The van der Waals surface area contributed by atoms with Gasteiger partial charge in [-0.25, -0.2) is 0 Å². The number of hydrogen-bond acceptors (Lipinski definition) is 5. The Kier molecular flexibility index (Phi) is 3.83. The number of hydrogen-bond donors (Lipinski definition) is 3. The molecule has 5 heteroatoms. The molecule has 0 aromatic rings. The smallest absolute Gasteiger partial charge is 0.186 e. The van der Waals surface area contributed by atoms with Crippen molar-refractivity contribution in [2.75, 3.05) is 13.2 Å². The van der Waals surface area contributed by atoms with Crippen LogP contribution in [-0.4, -0.2) is 53.1 Å². The number of aliphatic hydroxyl groups excluding tert-OH is 3. The Bertz CT molecular complexity index is 172. The molecule has 1 aliphatic rings. The van der Waals surface area contributed by atoms with Gasteiger partial charge < -0.3 is 24.8 Å². The van der Waals surface area contributed by atoms with Crippen LogP contribution in [0.3, 0.4) is 0 Å². The van der Waals surface area contributed by atoms with E-state index in [1.807, 2.05) is 0 Å². The molecule has 0 bridgehead atoms. The Balaban J connectivity index is 2.43. The summed E-state index contributed by atoms with van der Waals surface area (Å²) in [6.45, 7) is 3.62. The molecule has 0 aliphatic carbocycles. The molecule has 1 rings (SSSR count). The maximum atomic E-state index is 9.34. The summed E-state index contributed by atoms with van der Waals surface area (Å²) < 4.78 is 9.95. The lowest BCUT2D eigenvalue weighted by Crippen LogP contribution is -2.53. The van der Waals surface area contributed by atoms with Crippen molar-refractivity contribution in [1.82, 2.24) is 0 Å². The lowest BCUT2D eigenvalue weighted by Gasteiger charge is -2.34. The lowest BCUT2D eigenvalue weighted by molar-refractivity contribution is -0.266. The number of aliphatic hydroxyl groups is 3. The predicted octanol–water partition coefficient (Wildman–Crippen LogP) is -1.37. The minimum Gasteiger partial charge on any atom is -0.388 e. The third-order valence-electron chi connectivity index (χ3n) is 1.83. The molecule has 0 saturated carbocycles. The van der Waals surface area contributed by atoms with E-state index in [0.29, 0.717) is 0 Å². The van der Waals surface area contributed by atoms with Crippen LogP contribution < -0.4 is 0 Å². The number of ether oxygens (including phenoxy) is 2. The zero-order valence-corrected chi connectivity index (χ0v) is 7.17. The van der Waals surface area contributed by atoms with E-state index in [0.717, 1.165) is 0 Å². The summed E-state index contributed by atoms with van der Waals surface area (Å²) in [5.41, 5.74) is 0. The molecule has 0 unspecified atom stereocenters. The van der Waals surface area contributed by atoms with Gasteiger partial charge in [0.05, 0.1) is 13.2 Å². The average Bonchev–Trinajstić information content (AvgIpc) is 2.13. The summed E-state index contributed by atoms with van der Waals surface area (Å²) in [5, 5.41) is 27.7. The Morgan fingerprint density at radius 1 is 1.38 bits per heavy atom. The van der Waals surface area contributed by atoms with E-state index >= 15 is 0 Å². The van der Waals surface area contributed by atoms with E-state index in [9.17, 15) is 10.2 Å². The molecule has 0 radical (unpaired) electrons. The van der Waals surface area contributed by atoms with E-state index in [1.54, 1.807) is 0 Å². The molecule has 3 N–H and O–H groups in total. The van der Waals surface area contributed by atoms with Crippen molar-refractivity contribution in [3.05, 3.63) is 12.7 Å². The van der Waals surface area contributed by atoms with Gasteiger partial charge in [0.1, 0.15) is 18.3 Å². The largest absolute Gasteiger partial charge is 0.388 e. The van der Waals surface area contributed by atoms with Crippen LogP contribution in [0.4, 0.5) is 0 Å². The Morgan fingerprint density at radius 2 is 2.08 bits per heavy atom. The molecule has 1 fully saturated rings. The molecule has 13 heavy (non-hydrogen) atoms. The van der Waals surface area contributed by atoms with Gasteiger partial charge in [-0.2, -0.15) is 0 Å². The van der Waals surface area contributed by atoms with Crippen LogP contribution in [0, 0.1) is 0 Å². The van der Waals surface area contributed by atoms with E-state index in [2.05, 4.69) is 6.58 Å². The predicted molar refractivity (Wildman–Crippen MR) is 43.9 cm³/mol. The molecule has 5 nitrogen and oxygen atoms in total. The second kappa shape index (κ2) is 4.69. The molecule has 0 spiro atoms. The van der Waals surface area contributed by atoms with Gasteiger partial charge in [0.2, 0.25) is 0 Å². The fourth-order valence-corrected chi connectivity index (χ4v) is 1.09. The maximum absolute atomic E-state index is 9.34. The van der Waals surface area contributed by atoms with Crippen molar-refractivity contribution in [3.8, 4) is 0 Å². The molecule has 1 saturated heterocycles. The number of rotatable bonds is 3. The van der Waals surface area contributed by atoms with Crippen LogP contribution in [0.2, 0.25) is 0 Å². The van der Waals surface area contributed by atoms with Crippen LogP contribution in [-0.2, 0) is 9.47 Å². The maximum Gasteiger partial charge on any atom is 0.186 e. The summed E-state index contributed by atoms with van der Waals surface area (Å²) in [5.74, 6) is 0. The Labute approximate surface area is 76.2 Å². The van der Waals surface area contributed by atoms with Gasteiger partial charge in [0.25, 0.3) is 0 Å². The van der Waals surface area contributed by atoms with Gasteiger partial charge in [0, 0.05) is 0 Å². The zero-order chi connectivity index (χ0) is 9.84. The summed E-state index contributed by atoms with van der Waals surface area (Å²) in [4.78, 5) is 0. The molecule has 0 aromatic carbocycles. The van der Waals surface area contributed by atoms with Gasteiger partial charge in [-0.05, 0) is 0 Å². The average molecular weight is 190 g/mol. The fourth-order valence-electron chi connectivity index (χ4n) is 1.09. The van der Waals surface area contributed by atoms with Crippen LogP contribution in [0.25, 0.3) is 0 Å². The SMILES string of the molecule is C=CCO[C@@H]1OC[C@@H](O)[C@H](O)[C@H]1O. The fraction of sp³-hybridized carbons (Fsp3) is 0.750. The molecule has 1 aliphatic heterocycles. The Hall–Kier alpha value is -0.460. The van der Waals surface area contributed by atoms with Crippen molar-refractivity contribution >= 4 is 0 Å². The van der Waals surface area contributed by atoms with Crippen molar-refractivity contribution in [2.24, 2.45) is 0 Å². The van der Waals surface area contributed by atoms with Crippen LogP contribution >= 0.6 is 0 Å². The van der Waals surface area contributed by atoms with E-state index in [4.69, 9.17) is 14.6 Å². The first-order valence-corrected chi connectivity index (χ1v) is 4.05. The van der Waals surface area contributed by atoms with Crippen molar-refractivity contribution in [2.45, 2.75) is 24.6 Å². The quantitative estimate of drug-likeness (QED) is 0.478. The molecule has 0 amide bonds. The molecule has 4 atom stereocenters. The van der Waals surface area contributed by atoms with E-state index < -0.39 is 24.6 Å². The minimum absolute atomic E-state index is 0.0416. The highest BCUT2D eigenvalue weighted by atomic mass is 16.7. The molecule has 76 valence electrons. The molecule has 1 heterocycles. The zero-order valence-electron chi connectivity index (χ0n) is 7.17. The monoisotopic (exact) mass is 190 g/mol. The second-order valence-corrected chi connectivity index (χ2v) is 2.87. The van der Waals surface area contributed by atoms with Gasteiger partial charge in [-0.3, -0.25) is 0 Å². The first kappa shape index (κ1) is 10.6. The topological polar surface area (TPSA) is 79.2 Å². The summed E-state index contributed by atoms with van der Waals surface area (Å²) in [6, 6.07) is 0. The first-order valence-electron chi connectivity index (χ1n) is 4.05. The highest BCUT2D eigenvalue weighted by molar-refractivity contribution is 4.83. The van der Waals surface area contributed by atoms with E-state index in [-0.39, 0.29) is 13.2 Å². The van der Waals surface area contributed by atoms with Gasteiger partial charge in [-0.1, -0.05) is 6.08 Å².